The van der Waals surface area contributed by atoms with Crippen LogP contribution in [0, 0.1) is 11.8 Å². The van der Waals surface area contributed by atoms with Crippen LogP contribution < -0.4 is 0 Å². The molecule has 4 heteroatoms. The van der Waals surface area contributed by atoms with E-state index in [1.165, 1.54) is 64.2 Å². The minimum atomic E-state index is -1.27. The van der Waals surface area contributed by atoms with E-state index < -0.39 is 18.4 Å². The molecule has 0 aromatic heterocycles. The van der Waals surface area contributed by atoms with E-state index in [2.05, 4.69) is 6.58 Å². The van der Waals surface area contributed by atoms with Gasteiger partial charge in [0.2, 0.25) is 0 Å². The second-order valence-electron chi connectivity index (χ2n) is 7.69. The van der Waals surface area contributed by atoms with Crippen LogP contribution in [0.4, 0.5) is 0 Å². The standard InChI is InChI=1S/C16H30.C5H6O4/c1-3-7-11-15(12-8-4-1)16-13-9-5-2-6-10-14-16;1-3(5(8)9)2-4(6)7/h15-16H,1-14H2;1-2H2,(H,6,7)(H,8,9). The van der Waals surface area contributed by atoms with Gasteiger partial charge in [0, 0.05) is 5.57 Å². The summed E-state index contributed by atoms with van der Waals surface area (Å²) in [6.07, 6.45) is 20.9. The first-order valence-electron chi connectivity index (χ1n) is 10.1. The number of carboxylic acid groups (broad SMARTS) is 2. The van der Waals surface area contributed by atoms with Gasteiger partial charge in [-0.2, -0.15) is 0 Å². The predicted octanol–water partition coefficient (Wildman–Crippen LogP) is 5.81. The van der Waals surface area contributed by atoms with Gasteiger partial charge in [-0.25, -0.2) is 4.79 Å². The Morgan fingerprint density at radius 2 is 1.00 bits per heavy atom. The molecule has 0 aromatic rings. The average molecular weight is 353 g/mol. The summed E-state index contributed by atoms with van der Waals surface area (Å²) in [4.78, 5) is 19.7. The second kappa shape index (κ2) is 13.0. The summed E-state index contributed by atoms with van der Waals surface area (Å²) in [6, 6.07) is 0. The number of hydrogen-bond donors (Lipinski definition) is 2. The third-order valence-corrected chi connectivity index (χ3v) is 5.63. The zero-order valence-corrected chi connectivity index (χ0v) is 15.7. The third-order valence-electron chi connectivity index (χ3n) is 5.63. The maximum absolute atomic E-state index is 9.87. The molecular weight excluding hydrogens is 316 g/mol. The van der Waals surface area contributed by atoms with Gasteiger partial charge in [0.15, 0.2) is 0 Å². The molecule has 0 amide bonds. The van der Waals surface area contributed by atoms with Crippen LogP contribution in [0.15, 0.2) is 12.2 Å². The summed E-state index contributed by atoms with van der Waals surface area (Å²) in [7, 11) is 0. The first-order chi connectivity index (χ1) is 12.0. The maximum Gasteiger partial charge on any atom is 0.331 e. The Morgan fingerprint density at radius 3 is 1.24 bits per heavy atom. The smallest absolute Gasteiger partial charge is 0.331 e. The molecule has 0 aromatic carbocycles. The first-order valence-corrected chi connectivity index (χ1v) is 10.1. The molecule has 0 heterocycles. The van der Waals surface area contributed by atoms with Crippen LogP contribution in [0.2, 0.25) is 0 Å². The SMILES string of the molecule is C1CCCC(C2CCCCCCC2)CCC1.C=C(CC(=O)O)C(=O)O. The molecule has 0 saturated heterocycles. The second-order valence-corrected chi connectivity index (χ2v) is 7.69. The minimum absolute atomic E-state index is 0.303. The van der Waals surface area contributed by atoms with Crippen LogP contribution in [0.1, 0.15) is 96.3 Å². The van der Waals surface area contributed by atoms with Crippen molar-refractivity contribution in [2.75, 3.05) is 0 Å². The number of carbonyl (C=O) groups is 2. The molecule has 0 bridgehead atoms. The fourth-order valence-corrected chi connectivity index (χ4v) is 4.18. The Bertz CT molecular complexity index is 380. The van der Waals surface area contributed by atoms with Gasteiger partial charge in [0.05, 0.1) is 6.42 Å². The molecular formula is C21H36O4. The predicted molar refractivity (Wildman–Crippen MR) is 101 cm³/mol. The van der Waals surface area contributed by atoms with Crippen molar-refractivity contribution in [3.05, 3.63) is 12.2 Å². The molecule has 2 saturated carbocycles. The van der Waals surface area contributed by atoms with Crippen molar-refractivity contribution in [3.8, 4) is 0 Å². The van der Waals surface area contributed by atoms with Crippen LogP contribution in [0.5, 0.6) is 0 Å². The molecule has 0 atom stereocenters. The molecule has 0 aliphatic heterocycles. The Balaban J connectivity index is 0.000000299. The van der Waals surface area contributed by atoms with E-state index in [1.54, 1.807) is 25.7 Å². The molecule has 0 radical (unpaired) electrons. The number of hydrogen-bond acceptors (Lipinski definition) is 2. The van der Waals surface area contributed by atoms with E-state index in [-0.39, 0.29) is 5.57 Å². The largest absolute Gasteiger partial charge is 0.481 e. The fraction of sp³-hybridized carbons (Fsp3) is 0.810. The molecule has 2 N–H and O–H groups in total. The highest BCUT2D eigenvalue weighted by Gasteiger charge is 2.22. The van der Waals surface area contributed by atoms with Gasteiger partial charge in [-0.3, -0.25) is 4.79 Å². The van der Waals surface area contributed by atoms with Crippen molar-refractivity contribution >= 4 is 11.9 Å². The summed E-state index contributed by atoms with van der Waals surface area (Å²) in [5.74, 6) is -0.225. The lowest BCUT2D eigenvalue weighted by Crippen LogP contribution is -2.17. The number of rotatable bonds is 4. The van der Waals surface area contributed by atoms with E-state index in [4.69, 9.17) is 10.2 Å². The molecule has 25 heavy (non-hydrogen) atoms. The van der Waals surface area contributed by atoms with E-state index in [0.29, 0.717) is 0 Å². The van der Waals surface area contributed by atoms with Gasteiger partial charge < -0.3 is 10.2 Å². The molecule has 2 aliphatic carbocycles. The van der Waals surface area contributed by atoms with Gasteiger partial charge in [-0.15, -0.1) is 0 Å². The summed E-state index contributed by atoms with van der Waals surface area (Å²) < 4.78 is 0. The van der Waals surface area contributed by atoms with Crippen LogP contribution in [0.3, 0.4) is 0 Å². The van der Waals surface area contributed by atoms with Crippen molar-refractivity contribution in [2.24, 2.45) is 11.8 Å². The lowest BCUT2D eigenvalue weighted by molar-refractivity contribution is -0.139. The Morgan fingerprint density at radius 1 is 0.680 bits per heavy atom. The molecule has 0 spiro atoms. The van der Waals surface area contributed by atoms with Gasteiger partial charge in [0.25, 0.3) is 0 Å². The monoisotopic (exact) mass is 352 g/mol. The van der Waals surface area contributed by atoms with Gasteiger partial charge >= 0.3 is 11.9 Å². The van der Waals surface area contributed by atoms with Crippen molar-refractivity contribution in [1.82, 2.24) is 0 Å². The lowest BCUT2D eigenvalue weighted by Gasteiger charge is -2.30. The maximum atomic E-state index is 9.87. The van der Waals surface area contributed by atoms with Crippen LogP contribution in [-0.4, -0.2) is 22.2 Å². The van der Waals surface area contributed by atoms with E-state index >= 15 is 0 Å². The minimum Gasteiger partial charge on any atom is -0.481 e. The Kier molecular flexibility index (Phi) is 11.3. The molecule has 2 rings (SSSR count). The van der Waals surface area contributed by atoms with Crippen LogP contribution in [0.25, 0.3) is 0 Å². The number of carboxylic acids is 2. The molecule has 0 unspecified atom stereocenters. The van der Waals surface area contributed by atoms with Crippen LogP contribution in [-0.2, 0) is 9.59 Å². The van der Waals surface area contributed by atoms with Gasteiger partial charge in [-0.1, -0.05) is 96.5 Å². The quantitative estimate of drug-likeness (QED) is 0.626. The van der Waals surface area contributed by atoms with Gasteiger partial charge in [-0.05, 0) is 11.8 Å². The van der Waals surface area contributed by atoms with Crippen molar-refractivity contribution in [2.45, 2.75) is 96.3 Å². The topological polar surface area (TPSA) is 74.6 Å². The van der Waals surface area contributed by atoms with Crippen molar-refractivity contribution in [3.63, 3.8) is 0 Å². The van der Waals surface area contributed by atoms with E-state index in [0.717, 1.165) is 11.8 Å². The number of aliphatic carboxylic acids is 2. The lowest BCUT2D eigenvalue weighted by atomic mass is 9.76. The Labute approximate surface area is 152 Å². The van der Waals surface area contributed by atoms with E-state index in [1.807, 2.05) is 0 Å². The summed E-state index contributed by atoms with van der Waals surface area (Å²) in [5.41, 5.74) is -0.303. The zero-order valence-electron chi connectivity index (χ0n) is 15.7. The normalized spacial score (nSPS) is 20.8. The van der Waals surface area contributed by atoms with Crippen molar-refractivity contribution < 1.29 is 19.8 Å². The third kappa shape index (κ3) is 10.3. The highest BCUT2D eigenvalue weighted by atomic mass is 16.4. The molecule has 4 nitrogen and oxygen atoms in total. The average Bonchev–Trinajstić information content (AvgIpc) is 2.47. The molecule has 2 aliphatic rings. The molecule has 144 valence electrons. The first kappa shape index (κ1) is 21.7. The van der Waals surface area contributed by atoms with Gasteiger partial charge in [0.1, 0.15) is 0 Å². The highest BCUT2D eigenvalue weighted by molar-refractivity contribution is 5.91. The zero-order chi connectivity index (χ0) is 18.5. The van der Waals surface area contributed by atoms with Crippen LogP contribution >= 0.6 is 0 Å². The Hall–Kier alpha value is -1.32. The summed E-state index contributed by atoms with van der Waals surface area (Å²) in [6.45, 7) is 3.01. The van der Waals surface area contributed by atoms with Crippen molar-refractivity contribution in [1.29, 1.82) is 0 Å². The van der Waals surface area contributed by atoms with E-state index in [9.17, 15) is 9.59 Å². The fourth-order valence-electron chi connectivity index (χ4n) is 4.18. The summed E-state index contributed by atoms with van der Waals surface area (Å²) >= 11 is 0. The summed E-state index contributed by atoms with van der Waals surface area (Å²) in [5, 5.41) is 16.1. The molecule has 2 fully saturated rings. The highest BCUT2D eigenvalue weighted by Crippen LogP contribution is 2.35.